The van der Waals surface area contributed by atoms with Gasteiger partial charge in [0.1, 0.15) is 0 Å². The van der Waals surface area contributed by atoms with Crippen molar-refractivity contribution in [3.05, 3.63) is 16.1 Å². The van der Waals surface area contributed by atoms with Crippen molar-refractivity contribution >= 4 is 11.3 Å². The van der Waals surface area contributed by atoms with Crippen molar-refractivity contribution in [2.75, 3.05) is 13.2 Å². The Morgan fingerprint density at radius 2 is 2.33 bits per heavy atom. The summed E-state index contributed by atoms with van der Waals surface area (Å²) in [7, 11) is 0. The fourth-order valence-electron chi connectivity index (χ4n) is 1.22. The minimum absolute atomic E-state index is 0.561. The van der Waals surface area contributed by atoms with E-state index >= 15 is 0 Å². The monoisotopic (exact) mass is 228 g/mol. The lowest BCUT2D eigenvalue weighted by Gasteiger charge is -2.07. The van der Waals surface area contributed by atoms with Gasteiger partial charge in [0, 0.05) is 18.0 Å². The number of rotatable bonds is 7. The third-order valence-electron chi connectivity index (χ3n) is 1.93. The van der Waals surface area contributed by atoms with Crippen LogP contribution in [0.4, 0.5) is 0 Å². The molecule has 1 rings (SSSR count). The molecule has 0 aliphatic rings. The molecule has 0 unspecified atom stereocenters. The number of nitrogens with one attached hydrogen (secondary N) is 1. The van der Waals surface area contributed by atoms with E-state index in [2.05, 4.69) is 29.5 Å². The average Bonchev–Trinajstić information content (AvgIpc) is 2.57. The number of hydrogen-bond acceptors (Lipinski definition) is 4. The maximum absolute atomic E-state index is 5.52. The van der Waals surface area contributed by atoms with E-state index in [0.717, 1.165) is 30.3 Å². The topological polar surface area (TPSA) is 34.1 Å². The van der Waals surface area contributed by atoms with Gasteiger partial charge in [0.05, 0.1) is 17.3 Å². The smallest absolute Gasteiger partial charge is 0.0898 e. The van der Waals surface area contributed by atoms with E-state index in [4.69, 9.17) is 4.74 Å². The molecule has 0 amide bonds. The summed E-state index contributed by atoms with van der Waals surface area (Å²) in [6.45, 7) is 8.79. The van der Waals surface area contributed by atoms with Crippen LogP contribution in [0.25, 0.3) is 0 Å². The molecule has 86 valence electrons. The molecule has 0 bridgehead atoms. The Hall–Kier alpha value is -0.450. The van der Waals surface area contributed by atoms with Crippen LogP contribution in [0.5, 0.6) is 0 Å². The van der Waals surface area contributed by atoms with Crippen molar-refractivity contribution in [3.8, 4) is 0 Å². The molecule has 1 heterocycles. The molecule has 1 aromatic rings. The summed E-state index contributed by atoms with van der Waals surface area (Å²) in [5.41, 5.74) is 1.05. The second-order valence-corrected chi connectivity index (χ2v) is 4.94. The molecule has 4 heteroatoms. The lowest BCUT2D eigenvalue weighted by atomic mass is 10.3. The second kappa shape index (κ2) is 6.93. The van der Waals surface area contributed by atoms with Gasteiger partial charge in [0.2, 0.25) is 0 Å². The summed E-state index contributed by atoms with van der Waals surface area (Å²) in [6, 6.07) is 0.561. The second-order valence-electron chi connectivity index (χ2n) is 3.87. The lowest BCUT2D eigenvalue weighted by Crippen LogP contribution is -2.24. The van der Waals surface area contributed by atoms with Crippen molar-refractivity contribution < 1.29 is 4.74 Å². The van der Waals surface area contributed by atoms with Crippen LogP contribution < -0.4 is 5.32 Å². The number of hydrogen-bond donors (Lipinski definition) is 1. The fourth-order valence-corrected chi connectivity index (χ4v) is 1.81. The minimum atomic E-state index is 0.561. The van der Waals surface area contributed by atoms with Gasteiger partial charge in [-0.3, -0.25) is 0 Å². The van der Waals surface area contributed by atoms with Crippen LogP contribution in [0.2, 0.25) is 0 Å². The van der Waals surface area contributed by atoms with E-state index < -0.39 is 0 Å². The third kappa shape index (κ3) is 5.87. The number of aryl methyl sites for hydroxylation is 1. The maximum Gasteiger partial charge on any atom is 0.0898 e. The van der Waals surface area contributed by atoms with E-state index in [0.29, 0.717) is 12.6 Å². The van der Waals surface area contributed by atoms with Crippen molar-refractivity contribution in [2.24, 2.45) is 0 Å². The summed E-state index contributed by atoms with van der Waals surface area (Å²) in [4.78, 5) is 4.33. The van der Waals surface area contributed by atoms with Crippen molar-refractivity contribution in [1.82, 2.24) is 10.3 Å². The highest BCUT2D eigenvalue weighted by Crippen LogP contribution is 2.08. The normalized spacial score (nSPS) is 11.2. The zero-order valence-electron chi connectivity index (χ0n) is 9.75. The van der Waals surface area contributed by atoms with Gasteiger partial charge in [-0.1, -0.05) is 13.8 Å². The molecule has 0 saturated heterocycles. The first-order valence-corrected chi connectivity index (χ1v) is 6.28. The highest BCUT2D eigenvalue weighted by Gasteiger charge is 1.98. The summed E-state index contributed by atoms with van der Waals surface area (Å²) < 4.78 is 5.52. The quantitative estimate of drug-likeness (QED) is 0.727. The van der Waals surface area contributed by atoms with E-state index in [-0.39, 0.29) is 0 Å². The highest BCUT2D eigenvalue weighted by atomic mass is 32.1. The maximum atomic E-state index is 5.52. The number of aromatic nitrogens is 1. The Morgan fingerprint density at radius 1 is 1.53 bits per heavy atom. The number of ether oxygens (including phenoxy) is 1. The van der Waals surface area contributed by atoms with Crippen molar-refractivity contribution in [3.63, 3.8) is 0 Å². The molecule has 0 radical (unpaired) electrons. The van der Waals surface area contributed by atoms with Gasteiger partial charge < -0.3 is 10.1 Å². The van der Waals surface area contributed by atoms with Crippen LogP contribution in [0.15, 0.2) is 5.38 Å². The van der Waals surface area contributed by atoms with Crippen LogP contribution in [0.1, 0.15) is 31.0 Å². The minimum Gasteiger partial charge on any atom is -0.375 e. The van der Waals surface area contributed by atoms with Crippen molar-refractivity contribution in [1.29, 1.82) is 0 Å². The van der Waals surface area contributed by atoms with Crippen LogP contribution in [0.3, 0.4) is 0 Å². The molecule has 3 nitrogen and oxygen atoms in total. The molecule has 0 aliphatic heterocycles. The van der Waals surface area contributed by atoms with Crippen LogP contribution >= 0.6 is 11.3 Å². The molecule has 0 aliphatic carbocycles. The Morgan fingerprint density at radius 3 is 2.93 bits per heavy atom. The number of thiazole rings is 1. The van der Waals surface area contributed by atoms with Crippen LogP contribution in [0, 0.1) is 6.92 Å². The molecule has 0 fully saturated rings. The summed E-state index contributed by atoms with van der Waals surface area (Å²) in [5, 5.41) is 6.52. The molecule has 1 N–H and O–H groups in total. The average molecular weight is 228 g/mol. The summed E-state index contributed by atoms with van der Waals surface area (Å²) >= 11 is 1.67. The van der Waals surface area contributed by atoms with Crippen LogP contribution in [-0.4, -0.2) is 24.2 Å². The Kier molecular flexibility index (Phi) is 5.83. The van der Waals surface area contributed by atoms with Crippen molar-refractivity contribution in [2.45, 2.75) is 39.8 Å². The number of nitrogens with zero attached hydrogens (tertiary/aromatic N) is 1. The van der Waals surface area contributed by atoms with Gasteiger partial charge in [-0.2, -0.15) is 0 Å². The largest absolute Gasteiger partial charge is 0.375 e. The zero-order chi connectivity index (χ0) is 11.1. The van der Waals surface area contributed by atoms with Gasteiger partial charge >= 0.3 is 0 Å². The predicted molar refractivity (Wildman–Crippen MR) is 64.3 cm³/mol. The predicted octanol–water partition coefficient (Wildman–Crippen LogP) is 2.36. The Balaban J connectivity index is 1.98. The third-order valence-corrected chi connectivity index (χ3v) is 2.76. The Bertz CT molecular complexity index is 273. The standard InChI is InChI=1S/C11H20N2OS/c1-9(2)12-5-4-6-14-7-11-8-15-10(3)13-11/h8-9,12H,4-7H2,1-3H3. The first-order chi connectivity index (χ1) is 7.18. The fraction of sp³-hybridized carbons (Fsp3) is 0.727. The molecule has 15 heavy (non-hydrogen) atoms. The van der Waals surface area contributed by atoms with Gasteiger partial charge in [-0.15, -0.1) is 11.3 Å². The summed E-state index contributed by atoms with van der Waals surface area (Å²) in [5.74, 6) is 0. The Labute approximate surface area is 95.9 Å². The van der Waals surface area contributed by atoms with Gasteiger partial charge in [0.15, 0.2) is 0 Å². The molecular weight excluding hydrogens is 208 g/mol. The molecule has 0 aromatic carbocycles. The SMILES string of the molecule is Cc1nc(COCCCNC(C)C)cs1. The first kappa shape index (κ1) is 12.6. The molecule has 0 spiro atoms. The van der Waals surface area contributed by atoms with E-state index in [1.807, 2.05) is 6.92 Å². The van der Waals surface area contributed by atoms with Gasteiger partial charge in [-0.25, -0.2) is 4.98 Å². The van der Waals surface area contributed by atoms with Gasteiger partial charge in [-0.05, 0) is 19.9 Å². The molecule has 0 atom stereocenters. The van der Waals surface area contributed by atoms with Gasteiger partial charge in [0.25, 0.3) is 0 Å². The van der Waals surface area contributed by atoms with Crippen LogP contribution in [-0.2, 0) is 11.3 Å². The zero-order valence-corrected chi connectivity index (χ0v) is 10.6. The molecular formula is C11H20N2OS. The lowest BCUT2D eigenvalue weighted by molar-refractivity contribution is 0.116. The molecule has 0 saturated carbocycles. The highest BCUT2D eigenvalue weighted by molar-refractivity contribution is 7.09. The summed E-state index contributed by atoms with van der Waals surface area (Å²) in [6.07, 6.45) is 1.06. The van der Waals surface area contributed by atoms with E-state index in [1.54, 1.807) is 11.3 Å². The first-order valence-electron chi connectivity index (χ1n) is 5.40. The van der Waals surface area contributed by atoms with E-state index in [9.17, 15) is 0 Å². The van der Waals surface area contributed by atoms with E-state index in [1.165, 1.54) is 0 Å². The molecule has 1 aromatic heterocycles.